The van der Waals surface area contributed by atoms with Crippen LogP contribution in [0.5, 0.6) is 0 Å². The molecule has 1 amide bonds. The normalized spacial score (nSPS) is 13.7. The van der Waals surface area contributed by atoms with E-state index in [-0.39, 0.29) is 11.7 Å². The Morgan fingerprint density at radius 3 is 2.59 bits per heavy atom. The van der Waals surface area contributed by atoms with Gasteiger partial charge in [-0.05, 0) is 54.4 Å². The number of nitrogens with zero attached hydrogens (tertiary/aromatic N) is 3. The second kappa shape index (κ2) is 6.41. The minimum Gasteiger partial charge on any atom is -0.352 e. The van der Waals surface area contributed by atoms with Gasteiger partial charge in [-0.1, -0.05) is 0 Å². The first-order chi connectivity index (χ1) is 14.0. The molecule has 5 rings (SSSR count). The molecule has 7 nitrogen and oxygen atoms in total. The van der Waals surface area contributed by atoms with Gasteiger partial charge in [0.1, 0.15) is 5.69 Å². The highest BCUT2D eigenvalue weighted by molar-refractivity contribution is 6.10. The Morgan fingerprint density at radius 2 is 1.79 bits per heavy atom. The van der Waals surface area contributed by atoms with Crippen molar-refractivity contribution in [3.8, 4) is 0 Å². The van der Waals surface area contributed by atoms with E-state index in [2.05, 4.69) is 20.2 Å². The second-order valence-electron chi connectivity index (χ2n) is 7.23. The van der Waals surface area contributed by atoms with Crippen LogP contribution in [0.1, 0.15) is 33.5 Å². The molecule has 0 radical (unpaired) electrons. The number of rotatable bonds is 3. The number of aromatic amines is 2. The van der Waals surface area contributed by atoms with Crippen molar-refractivity contribution in [2.24, 2.45) is 10.2 Å². The number of hydrogen-bond acceptors (Lipinski definition) is 4. The molecule has 1 aliphatic rings. The predicted octanol–water partition coefficient (Wildman–Crippen LogP) is 4.77. The Morgan fingerprint density at radius 1 is 1.00 bits per heavy atom. The molecule has 0 spiro atoms. The Balaban J connectivity index is 1.53. The largest absolute Gasteiger partial charge is 0.352 e. The highest BCUT2D eigenvalue weighted by Gasteiger charge is 2.28. The van der Waals surface area contributed by atoms with Gasteiger partial charge in [0.25, 0.3) is 5.91 Å². The van der Waals surface area contributed by atoms with Gasteiger partial charge in [-0.3, -0.25) is 9.59 Å². The Bertz CT molecular complexity index is 1330. The fourth-order valence-electron chi connectivity index (χ4n) is 4.07. The number of anilines is 1. The number of ketones is 1. The summed E-state index contributed by atoms with van der Waals surface area (Å²) in [6.45, 7) is 2.16. The van der Waals surface area contributed by atoms with Crippen LogP contribution in [0.2, 0.25) is 0 Å². The molecule has 0 unspecified atom stereocenters. The number of nitrogens with one attached hydrogen (secondary N) is 2. The zero-order chi connectivity index (χ0) is 20.1. The fraction of sp³-hybridized carbons (Fsp3) is 0.182. The van der Waals surface area contributed by atoms with Crippen LogP contribution in [0, 0.1) is 0 Å². The molecule has 2 aromatic heterocycles. The first-order valence-electron chi connectivity index (χ1n) is 9.45. The molecule has 7 heteroatoms. The molecular weight excluding hydrogens is 366 g/mol. The van der Waals surface area contributed by atoms with Crippen molar-refractivity contribution < 1.29 is 9.59 Å². The van der Waals surface area contributed by atoms with E-state index in [4.69, 9.17) is 0 Å². The topological polar surface area (TPSA) is 93.7 Å². The number of fused-ring (bicyclic) bond motifs is 4. The summed E-state index contributed by atoms with van der Waals surface area (Å²) in [6.07, 6.45) is 0.759. The quantitative estimate of drug-likeness (QED) is 0.393. The summed E-state index contributed by atoms with van der Waals surface area (Å²) >= 11 is 0. The first kappa shape index (κ1) is 17.4. The third kappa shape index (κ3) is 2.74. The Hall–Kier alpha value is -3.74. The number of hydrogen-bond donors (Lipinski definition) is 2. The summed E-state index contributed by atoms with van der Waals surface area (Å²) in [5.74, 6) is -0.0683. The van der Waals surface area contributed by atoms with Gasteiger partial charge in [0.15, 0.2) is 5.78 Å². The maximum Gasteiger partial charge on any atom is 0.274 e. The second-order valence-corrected chi connectivity index (χ2v) is 7.23. The zero-order valence-electron chi connectivity index (χ0n) is 16.1. The maximum atomic E-state index is 13.2. The molecule has 0 saturated carbocycles. The third-order valence-electron chi connectivity index (χ3n) is 5.44. The molecule has 0 saturated heterocycles. The minimum atomic E-state index is -0.0692. The van der Waals surface area contributed by atoms with Crippen molar-refractivity contribution in [2.45, 2.75) is 13.3 Å². The van der Waals surface area contributed by atoms with Gasteiger partial charge >= 0.3 is 0 Å². The van der Waals surface area contributed by atoms with Crippen molar-refractivity contribution in [2.75, 3.05) is 18.5 Å². The zero-order valence-corrected chi connectivity index (χ0v) is 16.1. The minimum absolute atomic E-state index is 0.000863. The van der Waals surface area contributed by atoms with E-state index in [9.17, 15) is 9.59 Å². The van der Waals surface area contributed by atoms with Crippen molar-refractivity contribution in [3.63, 3.8) is 0 Å². The van der Waals surface area contributed by atoms with Gasteiger partial charge in [-0.2, -0.15) is 10.2 Å². The number of azo groups is 1. The first-order valence-corrected chi connectivity index (χ1v) is 9.45. The van der Waals surface area contributed by atoms with Crippen LogP contribution in [0.15, 0.2) is 52.7 Å². The van der Waals surface area contributed by atoms with Crippen molar-refractivity contribution in [1.82, 2.24) is 9.97 Å². The lowest BCUT2D eigenvalue weighted by Gasteiger charge is -2.16. The fourth-order valence-corrected chi connectivity index (χ4v) is 4.07. The molecule has 0 aliphatic carbocycles. The molecule has 0 bridgehead atoms. The van der Waals surface area contributed by atoms with Gasteiger partial charge in [0.05, 0.1) is 11.4 Å². The van der Waals surface area contributed by atoms with Crippen LogP contribution in [0.25, 0.3) is 21.8 Å². The van der Waals surface area contributed by atoms with Crippen molar-refractivity contribution in [1.29, 1.82) is 0 Å². The molecule has 0 fully saturated rings. The van der Waals surface area contributed by atoms with E-state index in [1.54, 1.807) is 18.9 Å². The summed E-state index contributed by atoms with van der Waals surface area (Å²) in [4.78, 5) is 33.1. The summed E-state index contributed by atoms with van der Waals surface area (Å²) in [7, 11) is 1.63. The van der Waals surface area contributed by atoms with Crippen LogP contribution >= 0.6 is 0 Å². The van der Waals surface area contributed by atoms with E-state index in [0.717, 1.165) is 45.2 Å². The highest BCUT2D eigenvalue weighted by Crippen LogP contribution is 2.36. The average Bonchev–Trinajstić information content (AvgIpc) is 3.42. The van der Waals surface area contributed by atoms with Crippen LogP contribution in [-0.4, -0.2) is 35.3 Å². The SMILES string of the molecule is CN=Nc1ccc2[nH]c(C(=O)N3CCc4c3ccc3[nH]c(C(C)=O)cc43)cc2c1. The average molecular weight is 385 g/mol. The summed E-state index contributed by atoms with van der Waals surface area (Å²) in [5, 5.41) is 9.78. The predicted molar refractivity (Wildman–Crippen MR) is 112 cm³/mol. The number of carbonyl (C=O) groups excluding carboxylic acids is 2. The Kier molecular flexibility index (Phi) is 3.84. The summed E-state index contributed by atoms with van der Waals surface area (Å²) in [6, 6.07) is 13.3. The summed E-state index contributed by atoms with van der Waals surface area (Å²) in [5.41, 5.74) is 5.69. The van der Waals surface area contributed by atoms with Gasteiger partial charge in [0.2, 0.25) is 0 Å². The van der Waals surface area contributed by atoms with E-state index >= 15 is 0 Å². The third-order valence-corrected chi connectivity index (χ3v) is 5.44. The molecule has 3 heterocycles. The lowest BCUT2D eigenvalue weighted by Crippen LogP contribution is -2.29. The number of H-pyrrole nitrogens is 2. The van der Waals surface area contributed by atoms with E-state index in [1.807, 2.05) is 42.5 Å². The van der Waals surface area contributed by atoms with Crippen LogP contribution < -0.4 is 4.90 Å². The number of amides is 1. The van der Waals surface area contributed by atoms with E-state index in [1.165, 1.54) is 0 Å². The lowest BCUT2D eigenvalue weighted by atomic mass is 10.1. The number of carbonyl (C=O) groups is 2. The van der Waals surface area contributed by atoms with Gasteiger partial charge in [0, 0.05) is 48.0 Å². The summed E-state index contributed by atoms with van der Waals surface area (Å²) < 4.78 is 0. The molecule has 4 aromatic rings. The van der Waals surface area contributed by atoms with Crippen LogP contribution in [0.3, 0.4) is 0 Å². The monoisotopic (exact) mass is 385 g/mol. The molecule has 144 valence electrons. The van der Waals surface area contributed by atoms with Crippen LogP contribution in [-0.2, 0) is 6.42 Å². The standard InChI is InChI=1S/C22H19N5O2/c1-12(28)19-11-16-15-7-8-27(21(15)6-5-18(16)25-19)22(29)20-10-13-9-14(26-23-2)3-4-17(13)24-20/h3-6,9-11,24-25H,7-8H2,1-2H3. The Labute approximate surface area is 166 Å². The molecule has 2 N–H and O–H groups in total. The van der Waals surface area contributed by atoms with E-state index < -0.39 is 0 Å². The number of aromatic nitrogens is 2. The van der Waals surface area contributed by atoms with Crippen LogP contribution in [0.4, 0.5) is 11.4 Å². The molecular formula is C22H19N5O2. The van der Waals surface area contributed by atoms with Gasteiger partial charge in [-0.25, -0.2) is 0 Å². The highest BCUT2D eigenvalue weighted by atomic mass is 16.2. The van der Waals surface area contributed by atoms with Crippen molar-refractivity contribution in [3.05, 3.63) is 59.4 Å². The molecule has 1 aliphatic heterocycles. The number of Topliss-reactive ketones (excluding diaryl/α,β-unsaturated/α-hetero) is 1. The molecule has 0 atom stereocenters. The lowest BCUT2D eigenvalue weighted by molar-refractivity contribution is 0.0983. The number of benzene rings is 2. The van der Waals surface area contributed by atoms with Gasteiger partial charge < -0.3 is 14.9 Å². The van der Waals surface area contributed by atoms with Gasteiger partial charge in [-0.15, -0.1) is 0 Å². The smallest absolute Gasteiger partial charge is 0.274 e. The molecule has 29 heavy (non-hydrogen) atoms. The molecule has 2 aromatic carbocycles. The van der Waals surface area contributed by atoms with E-state index in [0.29, 0.717) is 17.9 Å². The maximum absolute atomic E-state index is 13.2. The van der Waals surface area contributed by atoms with Crippen molar-refractivity contribution >= 4 is 44.9 Å².